The van der Waals surface area contributed by atoms with Crippen molar-refractivity contribution in [3.05, 3.63) is 12.5 Å². The van der Waals surface area contributed by atoms with Gasteiger partial charge in [-0.3, -0.25) is 0 Å². The molecule has 0 aromatic carbocycles. The summed E-state index contributed by atoms with van der Waals surface area (Å²) in [6.07, 6.45) is 5.69. The molecule has 0 unspecified atom stereocenters. The van der Waals surface area contributed by atoms with Crippen LogP contribution in [0.15, 0.2) is 17.6 Å². The van der Waals surface area contributed by atoms with Crippen molar-refractivity contribution in [2.75, 3.05) is 6.26 Å². The number of hydrogen-bond acceptors (Lipinski definition) is 2. The summed E-state index contributed by atoms with van der Waals surface area (Å²) in [5.41, 5.74) is 0. The van der Waals surface area contributed by atoms with Gasteiger partial charge in [-0.15, -0.1) is 11.8 Å². The smallest absolute Gasteiger partial charge is 0.0952 e. The standard InChI is InChI=1S/C5H8N2S/c1-7-4-6-3-5(7)8-2/h3-4H,1-2H3. The summed E-state index contributed by atoms with van der Waals surface area (Å²) in [6, 6.07) is 0. The van der Waals surface area contributed by atoms with Crippen molar-refractivity contribution in [3.8, 4) is 0 Å². The van der Waals surface area contributed by atoms with Crippen LogP contribution in [0.3, 0.4) is 0 Å². The van der Waals surface area contributed by atoms with Gasteiger partial charge >= 0.3 is 0 Å². The summed E-state index contributed by atoms with van der Waals surface area (Å²) in [7, 11) is 1.98. The molecular formula is C5H8N2S. The Bertz CT molecular complexity index is 171. The van der Waals surface area contributed by atoms with Gasteiger partial charge in [0.05, 0.1) is 17.6 Å². The van der Waals surface area contributed by atoms with E-state index in [2.05, 4.69) is 4.98 Å². The molecule has 8 heavy (non-hydrogen) atoms. The quantitative estimate of drug-likeness (QED) is 0.528. The van der Waals surface area contributed by atoms with Gasteiger partial charge in [-0.05, 0) is 6.26 Å². The van der Waals surface area contributed by atoms with Crippen LogP contribution in [0, 0.1) is 0 Å². The first-order chi connectivity index (χ1) is 3.84. The van der Waals surface area contributed by atoms with Gasteiger partial charge in [0.25, 0.3) is 0 Å². The molecule has 0 N–H and O–H groups in total. The highest BCUT2D eigenvalue weighted by molar-refractivity contribution is 7.98. The molecule has 0 aliphatic heterocycles. The second kappa shape index (κ2) is 2.22. The van der Waals surface area contributed by atoms with Crippen molar-refractivity contribution in [1.29, 1.82) is 0 Å². The van der Waals surface area contributed by atoms with Gasteiger partial charge in [0, 0.05) is 7.05 Å². The SMILES string of the molecule is CSc1cncn1C. The van der Waals surface area contributed by atoms with Crippen LogP contribution in [0.5, 0.6) is 0 Å². The molecule has 0 bridgehead atoms. The van der Waals surface area contributed by atoms with Gasteiger partial charge in [0.15, 0.2) is 0 Å². The van der Waals surface area contributed by atoms with E-state index in [1.165, 1.54) is 5.03 Å². The lowest BCUT2D eigenvalue weighted by atomic mass is 10.9. The predicted molar refractivity (Wildman–Crippen MR) is 35.0 cm³/mol. The third-order valence-electron chi connectivity index (χ3n) is 0.982. The molecule has 1 aromatic rings. The largest absolute Gasteiger partial charge is 0.329 e. The van der Waals surface area contributed by atoms with Gasteiger partial charge in [-0.1, -0.05) is 0 Å². The van der Waals surface area contributed by atoms with Gasteiger partial charge in [-0.2, -0.15) is 0 Å². The lowest BCUT2D eigenvalue weighted by molar-refractivity contribution is 0.825. The Morgan fingerprint density at radius 1 is 1.75 bits per heavy atom. The first-order valence-corrected chi connectivity index (χ1v) is 3.57. The van der Waals surface area contributed by atoms with E-state index in [-0.39, 0.29) is 0 Å². The fraction of sp³-hybridized carbons (Fsp3) is 0.400. The van der Waals surface area contributed by atoms with E-state index in [1.807, 2.05) is 24.1 Å². The van der Waals surface area contributed by atoms with E-state index in [1.54, 1.807) is 18.1 Å². The van der Waals surface area contributed by atoms with Crippen molar-refractivity contribution in [1.82, 2.24) is 9.55 Å². The summed E-state index contributed by atoms with van der Waals surface area (Å²) in [5.74, 6) is 0. The monoisotopic (exact) mass is 128 g/mol. The minimum absolute atomic E-state index is 1.20. The van der Waals surface area contributed by atoms with Gasteiger partial charge < -0.3 is 4.57 Å². The zero-order valence-corrected chi connectivity index (χ0v) is 5.77. The minimum atomic E-state index is 1.20. The molecular weight excluding hydrogens is 120 g/mol. The second-order valence-corrected chi connectivity index (χ2v) is 2.37. The third-order valence-corrected chi connectivity index (χ3v) is 1.79. The molecule has 44 valence electrons. The molecule has 2 nitrogen and oxygen atoms in total. The van der Waals surface area contributed by atoms with Crippen LogP contribution in [0.4, 0.5) is 0 Å². The fourth-order valence-corrected chi connectivity index (χ4v) is 1.04. The van der Waals surface area contributed by atoms with Crippen LogP contribution in [-0.4, -0.2) is 15.8 Å². The summed E-state index contributed by atoms with van der Waals surface area (Å²) in [5, 5.41) is 1.20. The predicted octanol–water partition coefficient (Wildman–Crippen LogP) is 1.14. The van der Waals surface area contributed by atoms with Crippen molar-refractivity contribution < 1.29 is 0 Å². The molecule has 0 atom stereocenters. The van der Waals surface area contributed by atoms with Crippen molar-refractivity contribution >= 4 is 11.8 Å². The maximum absolute atomic E-state index is 3.93. The number of thioether (sulfide) groups is 1. The molecule has 1 rings (SSSR count). The first kappa shape index (κ1) is 5.69. The molecule has 1 aromatic heterocycles. The maximum atomic E-state index is 3.93. The lowest BCUT2D eigenvalue weighted by Gasteiger charge is -1.92. The van der Waals surface area contributed by atoms with Gasteiger partial charge in [0.2, 0.25) is 0 Å². The van der Waals surface area contributed by atoms with Crippen LogP contribution < -0.4 is 0 Å². The summed E-state index contributed by atoms with van der Waals surface area (Å²) >= 11 is 1.70. The highest BCUT2D eigenvalue weighted by Gasteiger charge is 1.90. The van der Waals surface area contributed by atoms with E-state index in [9.17, 15) is 0 Å². The van der Waals surface area contributed by atoms with Crippen LogP contribution in [-0.2, 0) is 7.05 Å². The Labute approximate surface area is 52.9 Å². The molecule has 0 saturated heterocycles. The normalized spacial score (nSPS) is 9.75. The van der Waals surface area contributed by atoms with E-state index in [0.717, 1.165) is 0 Å². The zero-order valence-electron chi connectivity index (χ0n) is 4.96. The Morgan fingerprint density at radius 2 is 2.50 bits per heavy atom. The fourth-order valence-electron chi connectivity index (χ4n) is 0.542. The van der Waals surface area contributed by atoms with E-state index >= 15 is 0 Å². The summed E-state index contributed by atoms with van der Waals surface area (Å²) in [6.45, 7) is 0. The van der Waals surface area contributed by atoms with Crippen LogP contribution in [0.1, 0.15) is 0 Å². The molecule has 1 heterocycles. The molecule has 0 aliphatic carbocycles. The molecule has 0 spiro atoms. The van der Waals surface area contributed by atoms with E-state index < -0.39 is 0 Å². The maximum Gasteiger partial charge on any atom is 0.0952 e. The van der Waals surface area contributed by atoms with Crippen molar-refractivity contribution in [2.24, 2.45) is 7.05 Å². The van der Waals surface area contributed by atoms with Crippen LogP contribution in [0.2, 0.25) is 0 Å². The Morgan fingerprint density at radius 3 is 2.75 bits per heavy atom. The Hall–Kier alpha value is -0.440. The Balaban J connectivity index is 2.92. The summed E-state index contributed by atoms with van der Waals surface area (Å²) in [4.78, 5) is 3.93. The second-order valence-electron chi connectivity index (χ2n) is 1.55. The van der Waals surface area contributed by atoms with Gasteiger partial charge in [-0.25, -0.2) is 4.98 Å². The zero-order chi connectivity index (χ0) is 5.98. The number of rotatable bonds is 1. The van der Waals surface area contributed by atoms with Crippen molar-refractivity contribution in [2.45, 2.75) is 5.03 Å². The number of nitrogens with zero attached hydrogens (tertiary/aromatic N) is 2. The molecule has 3 heteroatoms. The number of imidazole rings is 1. The number of aromatic nitrogens is 2. The molecule has 0 amide bonds. The minimum Gasteiger partial charge on any atom is -0.329 e. The number of aryl methyl sites for hydroxylation is 1. The topological polar surface area (TPSA) is 17.8 Å². The van der Waals surface area contributed by atoms with E-state index in [4.69, 9.17) is 0 Å². The molecule has 0 saturated carbocycles. The molecule has 0 radical (unpaired) electrons. The highest BCUT2D eigenvalue weighted by Crippen LogP contribution is 2.10. The van der Waals surface area contributed by atoms with Crippen LogP contribution in [0.25, 0.3) is 0 Å². The lowest BCUT2D eigenvalue weighted by Crippen LogP contribution is -1.84. The third kappa shape index (κ3) is 0.865. The highest BCUT2D eigenvalue weighted by atomic mass is 32.2. The van der Waals surface area contributed by atoms with Crippen LogP contribution >= 0.6 is 11.8 Å². The first-order valence-electron chi connectivity index (χ1n) is 2.35. The average Bonchev–Trinajstić information content (AvgIpc) is 2.14. The van der Waals surface area contributed by atoms with Crippen molar-refractivity contribution in [3.63, 3.8) is 0 Å². The summed E-state index contributed by atoms with van der Waals surface area (Å²) < 4.78 is 1.99. The average molecular weight is 128 g/mol. The number of hydrogen-bond donors (Lipinski definition) is 0. The Kier molecular flexibility index (Phi) is 1.58. The molecule has 0 fully saturated rings. The van der Waals surface area contributed by atoms with Gasteiger partial charge in [0.1, 0.15) is 0 Å². The molecule has 0 aliphatic rings. The van der Waals surface area contributed by atoms with E-state index in [0.29, 0.717) is 0 Å².